The van der Waals surface area contributed by atoms with Crippen LogP contribution in [0.2, 0.25) is 0 Å². The van der Waals surface area contributed by atoms with Crippen LogP contribution in [-0.4, -0.2) is 31.9 Å². The Morgan fingerprint density at radius 3 is 1.22 bits per heavy atom. The molecule has 0 bridgehead atoms. The zero-order chi connectivity index (χ0) is 24.8. The van der Waals surface area contributed by atoms with Crippen molar-refractivity contribution in [2.24, 2.45) is 0 Å². The average molecular weight is 504 g/mol. The summed E-state index contributed by atoms with van der Waals surface area (Å²) in [6.45, 7) is 3.18. The van der Waals surface area contributed by atoms with Crippen LogP contribution in [0.3, 0.4) is 0 Å². The van der Waals surface area contributed by atoms with E-state index in [1.165, 1.54) is 0 Å². The molecule has 2 heterocycles. The standard InChI is InChI=1S/2C12H10N2O3.2Na/c2*1-7-13-10(8-5-3-2-4-6-8)9(12(16)17)11(15)14-7;;/h2*2-6H,1H3,(H,16,17)(H,13,14,15);;/q;;2*+1/p-2. The third-order valence-corrected chi connectivity index (χ3v) is 4.58. The number of nitrogens with one attached hydrogen (secondary N) is 2. The molecule has 0 amide bonds. The minimum Gasteiger partial charge on any atom is -0.545 e. The smallest absolute Gasteiger partial charge is 0.545 e. The SMILES string of the molecule is Cc1nc(-c2ccccc2)c(C(=O)[O-])c(=O)[nH]1.Cc1nc(-c2ccccc2)c(C(=O)[O-])c(=O)[nH]1.[Na+].[Na+]. The maximum absolute atomic E-state index is 11.6. The molecule has 2 aromatic heterocycles. The minimum atomic E-state index is -1.53. The molecule has 0 atom stereocenters. The summed E-state index contributed by atoms with van der Waals surface area (Å²) in [6, 6.07) is 17.3. The largest absolute Gasteiger partial charge is 1.00 e. The average Bonchev–Trinajstić information content (AvgIpc) is 2.79. The van der Waals surface area contributed by atoms with Crippen molar-refractivity contribution in [1.82, 2.24) is 19.9 Å². The van der Waals surface area contributed by atoms with Crippen LogP contribution < -0.4 is 80.4 Å². The van der Waals surface area contributed by atoms with E-state index in [4.69, 9.17) is 0 Å². The van der Waals surface area contributed by atoms with Crippen LogP contribution >= 0.6 is 0 Å². The molecule has 0 aliphatic carbocycles. The van der Waals surface area contributed by atoms with E-state index in [1.54, 1.807) is 74.5 Å². The van der Waals surface area contributed by atoms with Gasteiger partial charge in [-0.25, -0.2) is 9.97 Å². The van der Waals surface area contributed by atoms with Gasteiger partial charge in [0.1, 0.15) is 11.6 Å². The monoisotopic (exact) mass is 504 g/mol. The molecule has 0 unspecified atom stereocenters. The molecule has 0 fully saturated rings. The van der Waals surface area contributed by atoms with Gasteiger partial charge in [-0.3, -0.25) is 9.59 Å². The van der Waals surface area contributed by atoms with Gasteiger partial charge in [0, 0.05) is 11.1 Å². The number of aromatic nitrogens is 4. The number of aryl methyl sites for hydroxylation is 2. The number of carbonyl (C=O) groups excluding carboxylic acids is 2. The van der Waals surface area contributed by atoms with Gasteiger partial charge in [-0.1, -0.05) is 60.7 Å². The summed E-state index contributed by atoms with van der Waals surface area (Å²) < 4.78 is 0. The second-order valence-electron chi connectivity index (χ2n) is 7.06. The van der Waals surface area contributed by atoms with E-state index >= 15 is 0 Å². The molecule has 0 aliphatic heterocycles. The summed E-state index contributed by atoms with van der Waals surface area (Å²) >= 11 is 0. The summed E-state index contributed by atoms with van der Waals surface area (Å²) in [5.41, 5.74) is -0.878. The van der Waals surface area contributed by atoms with Crippen molar-refractivity contribution in [3.63, 3.8) is 0 Å². The van der Waals surface area contributed by atoms with Crippen molar-refractivity contribution >= 4 is 11.9 Å². The van der Waals surface area contributed by atoms with Crippen molar-refractivity contribution in [3.8, 4) is 22.5 Å². The molecular formula is C24H18N4Na2O6. The number of carbonyl (C=O) groups is 2. The number of benzene rings is 2. The number of carboxylic acid groups (broad SMARTS) is 2. The van der Waals surface area contributed by atoms with Gasteiger partial charge in [-0.15, -0.1) is 0 Å². The molecule has 0 radical (unpaired) electrons. The van der Waals surface area contributed by atoms with Crippen molar-refractivity contribution < 1.29 is 78.9 Å². The van der Waals surface area contributed by atoms with Gasteiger partial charge < -0.3 is 29.8 Å². The molecule has 0 spiro atoms. The predicted octanol–water partition coefficient (Wildman–Crippen LogP) is -5.77. The Hall–Kier alpha value is -2.86. The number of carboxylic acids is 2. The normalized spacial score (nSPS) is 9.61. The van der Waals surface area contributed by atoms with E-state index < -0.39 is 34.2 Å². The number of rotatable bonds is 4. The van der Waals surface area contributed by atoms with Crippen LogP contribution in [0.15, 0.2) is 70.3 Å². The fraction of sp³-hybridized carbons (Fsp3) is 0.0833. The van der Waals surface area contributed by atoms with E-state index in [2.05, 4.69) is 19.9 Å². The van der Waals surface area contributed by atoms with Crippen LogP contribution in [0.25, 0.3) is 22.5 Å². The summed E-state index contributed by atoms with van der Waals surface area (Å²) in [6.07, 6.45) is 0. The van der Waals surface area contributed by atoms with Crippen molar-refractivity contribution in [2.45, 2.75) is 13.8 Å². The first kappa shape index (κ1) is 31.2. The molecule has 4 aromatic rings. The van der Waals surface area contributed by atoms with Crippen LogP contribution in [0, 0.1) is 13.8 Å². The third kappa shape index (κ3) is 7.57. The Bertz CT molecular complexity index is 1360. The first-order chi connectivity index (χ1) is 16.2. The van der Waals surface area contributed by atoms with Gasteiger partial charge in [-0.2, -0.15) is 0 Å². The summed E-state index contributed by atoms with van der Waals surface area (Å²) in [5.74, 6) is -2.34. The Kier molecular flexibility index (Phi) is 12.1. The number of aromatic amines is 2. The molecule has 10 nitrogen and oxygen atoms in total. The van der Waals surface area contributed by atoms with Crippen LogP contribution in [0.4, 0.5) is 0 Å². The first-order valence-electron chi connectivity index (χ1n) is 9.94. The van der Waals surface area contributed by atoms with Crippen molar-refractivity contribution in [1.29, 1.82) is 0 Å². The summed E-state index contributed by atoms with van der Waals surface area (Å²) in [4.78, 5) is 57.8. The molecule has 2 aromatic carbocycles. The maximum Gasteiger partial charge on any atom is 1.00 e. The van der Waals surface area contributed by atoms with Crippen LogP contribution in [0.1, 0.15) is 32.4 Å². The second-order valence-corrected chi connectivity index (χ2v) is 7.06. The third-order valence-electron chi connectivity index (χ3n) is 4.58. The van der Waals surface area contributed by atoms with Crippen molar-refractivity contribution in [2.75, 3.05) is 0 Å². The fourth-order valence-corrected chi connectivity index (χ4v) is 3.16. The Labute approximate surface area is 249 Å². The van der Waals surface area contributed by atoms with Gasteiger partial charge in [0.15, 0.2) is 0 Å². The van der Waals surface area contributed by atoms with Gasteiger partial charge in [0.25, 0.3) is 11.1 Å². The summed E-state index contributed by atoms with van der Waals surface area (Å²) in [7, 11) is 0. The van der Waals surface area contributed by atoms with Crippen molar-refractivity contribution in [3.05, 3.63) is 104 Å². The molecule has 0 saturated carbocycles. The molecule has 172 valence electrons. The second kappa shape index (κ2) is 14.0. The van der Waals surface area contributed by atoms with E-state index in [-0.39, 0.29) is 70.5 Å². The van der Waals surface area contributed by atoms with Gasteiger partial charge >= 0.3 is 59.1 Å². The molecule has 4 rings (SSSR count). The molecule has 36 heavy (non-hydrogen) atoms. The summed E-state index contributed by atoms with van der Waals surface area (Å²) in [5, 5.41) is 21.9. The van der Waals surface area contributed by atoms with Gasteiger partial charge in [0.2, 0.25) is 0 Å². The topological polar surface area (TPSA) is 172 Å². The number of nitrogens with zero attached hydrogens (tertiary/aromatic N) is 2. The predicted molar refractivity (Wildman–Crippen MR) is 119 cm³/mol. The Morgan fingerprint density at radius 1 is 0.639 bits per heavy atom. The number of H-pyrrole nitrogens is 2. The van der Waals surface area contributed by atoms with E-state index in [0.29, 0.717) is 22.8 Å². The minimum absolute atomic E-state index is 0. The zero-order valence-corrected chi connectivity index (χ0v) is 24.1. The molecule has 12 heteroatoms. The van der Waals surface area contributed by atoms with Crippen LogP contribution in [0.5, 0.6) is 0 Å². The Morgan fingerprint density at radius 2 is 0.944 bits per heavy atom. The molecule has 2 N–H and O–H groups in total. The zero-order valence-electron chi connectivity index (χ0n) is 20.1. The number of hydrogen-bond donors (Lipinski definition) is 2. The van der Waals surface area contributed by atoms with E-state index in [9.17, 15) is 29.4 Å². The van der Waals surface area contributed by atoms with Gasteiger partial charge in [0.05, 0.1) is 34.5 Å². The maximum atomic E-state index is 11.6. The fourth-order valence-electron chi connectivity index (χ4n) is 3.16. The van der Waals surface area contributed by atoms with E-state index in [1.807, 2.05) is 0 Å². The van der Waals surface area contributed by atoms with Crippen LogP contribution in [-0.2, 0) is 0 Å². The number of aromatic carboxylic acids is 2. The Balaban J connectivity index is 0.000000341. The quantitative estimate of drug-likeness (QED) is 0.259. The molecule has 0 aliphatic rings. The first-order valence-corrected chi connectivity index (χ1v) is 9.94. The van der Waals surface area contributed by atoms with E-state index in [0.717, 1.165) is 0 Å². The number of hydrogen-bond acceptors (Lipinski definition) is 8. The molecule has 0 saturated heterocycles. The molecular weight excluding hydrogens is 486 g/mol. The van der Waals surface area contributed by atoms with Gasteiger partial charge in [-0.05, 0) is 13.8 Å².